The lowest BCUT2D eigenvalue weighted by molar-refractivity contribution is -0.387. The third-order valence-electron chi connectivity index (χ3n) is 2.48. The van der Waals surface area contributed by atoms with Crippen molar-refractivity contribution in [3.8, 4) is 0 Å². The number of nitro benzene ring substituents is 1. The number of nitrogens with one attached hydrogen (secondary N) is 2. The molecule has 0 aliphatic heterocycles. The quantitative estimate of drug-likeness (QED) is 0.355. The minimum absolute atomic E-state index is 0. The van der Waals surface area contributed by atoms with Crippen LogP contribution in [0.25, 0.3) is 0 Å². The van der Waals surface area contributed by atoms with Crippen LogP contribution in [0.2, 0.25) is 0 Å². The number of hydrogen-bond acceptors (Lipinski definition) is 6. The second kappa shape index (κ2) is 10.1. The molecule has 1 aromatic rings. The van der Waals surface area contributed by atoms with Crippen molar-refractivity contribution >= 4 is 44.0 Å². The van der Waals surface area contributed by atoms with E-state index >= 15 is 0 Å². The Bertz CT molecular complexity index is 599. The van der Waals surface area contributed by atoms with Gasteiger partial charge in [-0.15, -0.1) is 12.4 Å². The van der Waals surface area contributed by atoms with Gasteiger partial charge in [0.15, 0.2) is 4.90 Å². The van der Waals surface area contributed by atoms with Crippen LogP contribution in [0.5, 0.6) is 0 Å². The summed E-state index contributed by atoms with van der Waals surface area (Å²) in [5.74, 6) is 0. The molecule has 0 heterocycles. The molecule has 11 heteroatoms. The van der Waals surface area contributed by atoms with Gasteiger partial charge in [-0.3, -0.25) is 10.1 Å². The smallest absolute Gasteiger partial charge is 0.290 e. The molecule has 0 aliphatic carbocycles. The molecule has 0 saturated heterocycles. The van der Waals surface area contributed by atoms with Crippen molar-refractivity contribution in [3.63, 3.8) is 0 Å². The van der Waals surface area contributed by atoms with Crippen LogP contribution in [0.3, 0.4) is 0 Å². The minimum atomic E-state index is -3.93. The molecule has 1 rings (SSSR count). The number of rotatable bonds is 9. The molecule has 0 aliphatic rings. The Labute approximate surface area is 143 Å². The van der Waals surface area contributed by atoms with Gasteiger partial charge in [0.2, 0.25) is 10.0 Å². The van der Waals surface area contributed by atoms with E-state index in [1.54, 1.807) is 7.11 Å². The molecule has 8 nitrogen and oxygen atoms in total. The average molecular weight is 419 g/mol. The van der Waals surface area contributed by atoms with E-state index in [1.165, 1.54) is 12.1 Å². The van der Waals surface area contributed by atoms with E-state index < -0.39 is 20.6 Å². The van der Waals surface area contributed by atoms with Crippen LogP contribution in [0.15, 0.2) is 27.6 Å². The molecule has 0 unspecified atom stereocenters. The van der Waals surface area contributed by atoms with Crippen LogP contribution >= 0.6 is 28.3 Å². The van der Waals surface area contributed by atoms with Gasteiger partial charge in [-0.2, -0.15) is 0 Å². The molecule has 0 bridgehead atoms. The van der Waals surface area contributed by atoms with Gasteiger partial charge in [0.25, 0.3) is 5.69 Å². The number of halogens is 2. The van der Waals surface area contributed by atoms with Gasteiger partial charge in [-0.05, 0) is 12.1 Å². The molecule has 0 aromatic heterocycles. The summed E-state index contributed by atoms with van der Waals surface area (Å²) in [6, 6.07) is 3.80. The summed E-state index contributed by atoms with van der Waals surface area (Å²) in [7, 11) is -2.36. The SMILES string of the molecule is COCCNCCNS(=O)(=O)c1ccc(Br)cc1[N+](=O)[O-].Cl. The normalized spacial score (nSPS) is 11.0. The van der Waals surface area contributed by atoms with Crippen molar-refractivity contribution in [2.45, 2.75) is 4.90 Å². The first-order valence-electron chi connectivity index (χ1n) is 6.01. The lowest BCUT2D eigenvalue weighted by Gasteiger charge is -2.08. The maximum Gasteiger partial charge on any atom is 0.290 e. The first-order valence-corrected chi connectivity index (χ1v) is 8.29. The van der Waals surface area contributed by atoms with Crippen LogP contribution in [-0.2, 0) is 14.8 Å². The minimum Gasteiger partial charge on any atom is -0.383 e. The van der Waals surface area contributed by atoms with E-state index in [2.05, 4.69) is 26.0 Å². The summed E-state index contributed by atoms with van der Waals surface area (Å²) in [6.45, 7) is 1.63. The molecule has 0 fully saturated rings. The zero-order valence-corrected chi connectivity index (χ0v) is 15.0. The van der Waals surface area contributed by atoms with Gasteiger partial charge >= 0.3 is 0 Å². The Balaban J connectivity index is 0.00000441. The van der Waals surface area contributed by atoms with Crippen LogP contribution in [0.1, 0.15) is 0 Å². The maximum atomic E-state index is 12.1. The Morgan fingerprint density at radius 3 is 2.59 bits per heavy atom. The van der Waals surface area contributed by atoms with Crippen LogP contribution in [-0.4, -0.2) is 46.7 Å². The fourth-order valence-electron chi connectivity index (χ4n) is 1.51. The van der Waals surface area contributed by atoms with E-state index in [0.29, 0.717) is 24.2 Å². The fraction of sp³-hybridized carbons (Fsp3) is 0.455. The largest absolute Gasteiger partial charge is 0.383 e. The highest BCUT2D eigenvalue weighted by molar-refractivity contribution is 9.10. The lowest BCUT2D eigenvalue weighted by atomic mass is 10.3. The van der Waals surface area contributed by atoms with Crippen LogP contribution in [0.4, 0.5) is 5.69 Å². The van der Waals surface area contributed by atoms with Gasteiger partial charge < -0.3 is 10.1 Å². The number of methoxy groups -OCH3 is 1. The maximum absolute atomic E-state index is 12.1. The number of sulfonamides is 1. The summed E-state index contributed by atoms with van der Waals surface area (Å²) in [5.41, 5.74) is -0.468. The number of hydrogen-bond donors (Lipinski definition) is 2. The highest BCUT2D eigenvalue weighted by Crippen LogP contribution is 2.27. The average Bonchev–Trinajstić information content (AvgIpc) is 2.42. The molecular formula is C11H17BrClN3O5S. The summed E-state index contributed by atoms with van der Waals surface area (Å²) >= 11 is 3.08. The molecule has 0 saturated carbocycles. The topological polar surface area (TPSA) is 111 Å². The standard InChI is InChI=1S/C11H16BrN3O5S.ClH/c1-20-7-6-13-4-5-14-21(18,19)11-3-2-9(12)8-10(11)15(16)17;/h2-3,8,13-14H,4-7H2,1H3;1H. The van der Waals surface area contributed by atoms with Gasteiger partial charge in [0, 0.05) is 37.3 Å². The van der Waals surface area contributed by atoms with E-state index in [-0.39, 0.29) is 23.8 Å². The Morgan fingerprint density at radius 1 is 1.32 bits per heavy atom. The van der Waals surface area contributed by atoms with Crippen molar-refractivity contribution in [3.05, 3.63) is 32.8 Å². The Hall–Kier alpha value is -0.780. The lowest BCUT2D eigenvalue weighted by Crippen LogP contribution is -2.33. The van der Waals surface area contributed by atoms with E-state index in [4.69, 9.17) is 4.74 Å². The first-order chi connectivity index (χ1) is 9.88. The third-order valence-corrected chi connectivity index (χ3v) is 4.49. The van der Waals surface area contributed by atoms with Crippen molar-refractivity contribution in [1.29, 1.82) is 0 Å². The highest BCUT2D eigenvalue weighted by Gasteiger charge is 2.25. The monoisotopic (exact) mass is 417 g/mol. The summed E-state index contributed by atoms with van der Waals surface area (Å²) < 4.78 is 31.7. The summed E-state index contributed by atoms with van der Waals surface area (Å²) in [5, 5.41) is 13.9. The van der Waals surface area contributed by atoms with Crippen LogP contribution in [0, 0.1) is 10.1 Å². The van der Waals surface area contributed by atoms with E-state index in [1.807, 2.05) is 0 Å². The van der Waals surface area contributed by atoms with E-state index in [0.717, 1.165) is 6.07 Å². The second-order valence-electron chi connectivity index (χ2n) is 4.01. The molecule has 126 valence electrons. The van der Waals surface area contributed by atoms with Crippen molar-refractivity contribution in [2.24, 2.45) is 0 Å². The van der Waals surface area contributed by atoms with Crippen LogP contribution < -0.4 is 10.0 Å². The predicted molar refractivity (Wildman–Crippen MR) is 88.0 cm³/mol. The molecule has 22 heavy (non-hydrogen) atoms. The Morgan fingerprint density at radius 2 is 2.00 bits per heavy atom. The molecule has 0 spiro atoms. The van der Waals surface area contributed by atoms with Gasteiger partial charge in [0.05, 0.1) is 11.5 Å². The van der Waals surface area contributed by atoms with E-state index in [9.17, 15) is 18.5 Å². The highest BCUT2D eigenvalue weighted by atomic mass is 79.9. The van der Waals surface area contributed by atoms with Gasteiger partial charge in [0.1, 0.15) is 0 Å². The zero-order chi connectivity index (χ0) is 15.9. The summed E-state index contributed by atoms with van der Waals surface area (Å²) in [4.78, 5) is 9.86. The Kier molecular flexibility index (Phi) is 9.72. The second-order valence-corrected chi connectivity index (χ2v) is 6.66. The third kappa shape index (κ3) is 6.55. The molecule has 1 aromatic carbocycles. The van der Waals surface area contributed by atoms with Gasteiger partial charge in [-0.1, -0.05) is 15.9 Å². The van der Waals surface area contributed by atoms with Crippen molar-refractivity contribution in [2.75, 3.05) is 33.4 Å². The van der Waals surface area contributed by atoms with Crippen molar-refractivity contribution in [1.82, 2.24) is 10.0 Å². The molecule has 0 amide bonds. The number of ether oxygens (including phenoxy) is 1. The molecule has 0 radical (unpaired) electrons. The number of nitro groups is 1. The summed E-state index contributed by atoms with van der Waals surface area (Å²) in [6.07, 6.45) is 0. The molecule has 0 atom stereocenters. The van der Waals surface area contributed by atoms with Crippen molar-refractivity contribution < 1.29 is 18.1 Å². The molecule has 2 N–H and O–H groups in total. The number of benzene rings is 1. The molecular weight excluding hydrogens is 402 g/mol. The first kappa shape index (κ1) is 21.2. The fourth-order valence-corrected chi connectivity index (χ4v) is 3.04. The van der Waals surface area contributed by atoms with Gasteiger partial charge in [-0.25, -0.2) is 13.1 Å². The number of nitrogens with zero attached hydrogens (tertiary/aromatic N) is 1. The zero-order valence-electron chi connectivity index (χ0n) is 11.7. The predicted octanol–water partition coefficient (Wildman–Crippen LogP) is 1.29.